The van der Waals surface area contributed by atoms with Crippen LogP contribution in [0.4, 0.5) is 0 Å². The number of hydrogen-bond donors (Lipinski definition) is 8. The number of cyclic esters (lactones) is 1. The van der Waals surface area contributed by atoms with E-state index in [1.807, 2.05) is 6.92 Å². The van der Waals surface area contributed by atoms with E-state index in [1.165, 1.54) is 13.0 Å². The fourth-order valence-electron chi connectivity index (χ4n) is 10.1. The number of aliphatic hydroxyl groups is 8. The van der Waals surface area contributed by atoms with E-state index in [9.17, 15) is 45.6 Å². The maximum Gasteiger partial charge on any atom is 0.331 e. The van der Waals surface area contributed by atoms with Crippen molar-refractivity contribution in [2.75, 3.05) is 13.2 Å². The molecule has 12 heteroatoms. The van der Waals surface area contributed by atoms with E-state index in [1.54, 1.807) is 0 Å². The number of aliphatic hydroxyl groups excluding tert-OH is 6. The lowest BCUT2D eigenvalue weighted by molar-refractivity contribution is -0.342. The number of esters is 1. The summed E-state index contributed by atoms with van der Waals surface area (Å²) >= 11 is 0. The fourth-order valence-corrected chi connectivity index (χ4v) is 10.1. The molecule has 4 aliphatic carbocycles. The maximum absolute atomic E-state index is 12.4. The van der Waals surface area contributed by atoms with Crippen molar-refractivity contribution in [3.63, 3.8) is 0 Å². The predicted molar refractivity (Wildman–Crippen MR) is 139 cm³/mol. The highest BCUT2D eigenvalue weighted by atomic mass is 16.7. The van der Waals surface area contributed by atoms with Crippen molar-refractivity contribution in [3.8, 4) is 0 Å². The van der Waals surface area contributed by atoms with Gasteiger partial charge in [-0.2, -0.15) is 0 Å². The van der Waals surface area contributed by atoms with Crippen LogP contribution in [0.3, 0.4) is 0 Å². The van der Waals surface area contributed by atoms with Crippen LogP contribution < -0.4 is 0 Å². The summed E-state index contributed by atoms with van der Waals surface area (Å²) in [6, 6.07) is 0. The van der Waals surface area contributed by atoms with Gasteiger partial charge in [0.15, 0.2) is 6.29 Å². The third-order valence-electron chi connectivity index (χ3n) is 12.2. The molecule has 0 aromatic heterocycles. The molecule has 232 valence electrons. The molecule has 4 saturated carbocycles. The largest absolute Gasteiger partial charge is 0.458 e. The maximum atomic E-state index is 12.4. The molecule has 15 atom stereocenters. The Labute approximate surface area is 238 Å². The lowest BCUT2D eigenvalue weighted by Gasteiger charge is -2.68. The average molecular weight is 585 g/mol. The van der Waals surface area contributed by atoms with E-state index in [0.717, 1.165) is 5.57 Å². The van der Waals surface area contributed by atoms with Crippen LogP contribution in [0.25, 0.3) is 0 Å². The zero-order valence-electron chi connectivity index (χ0n) is 23.5. The number of hydrogen-bond acceptors (Lipinski definition) is 12. The number of ether oxygens (including phenoxy) is 3. The van der Waals surface area contributed by atoms with Gasteiger partial charge in [-0.15, -0.1) is 0 Å². The van der Waals surface area contributed by atoms with Crippen LogP contribution in [-0.2, 0) is 19.0 Å². The average Bonchev–Trinajstić information content (AvgIpc) is 3.45. The van der Waals surface area contributed by atoms with Crippen molar-refractivity contribution in [1.29, 1.82) is 0 Å². The first kappa shape index (κ1) is 29.9. The van der Waals surface area contributed by atoms with Crippen LogP contribution in [0.15, 0.2) is 11.6 Å². The fraction of sp³-hybridized carbons (Fsp3) is 0.897. The van der Waals surface area contributed by atoms with Crippen LogP contribution >= 0.6 is 0 Å². The molecule has 1 unspecified atom stereocenters. The van der Waals surface area contributed by atoms with Gasteiger partial charge in [-0.25, -0.2) is 4.79 Å². The molecule has 2 heterocycles. The molecule has 1 saturated heterocycles. The molecule has 8 N–H and O–H groups in total. The van der Waals surface area contributed by atoms with Crippen molar-refractivity contribution in [1.82, 2.24) is 0 Å². The lowest BCUT2D eigenvalue weighted by atomic mass is 9.40. The van der Waals surface area contributed by atoms with Crippen molar-refractivity contribution < 1.29 is 59.9 Å². The highest BCUT2D eigenvalue weighted by Crippen LogP contribution is 2.70. The van der Waals surface area contributed by atoms with Crippen LogP contribution in [0, 0.1) is 28.6 Å². The van der Waals surface area contributed by atoms with Gasteiger partial charge in [0, 0.05) is 30.3 Å². The molecule has 0 amide bonds. The Hall–Kier alpha value is -1.19. The number of carbonyl (C=O) groups is 1. The Bertz CT molecular complexity index is 1080. The van der Waals surface area contributed by atoms with Gasteiger partial charge in [-0.05, 0) is 56.4 Å². The second-order valence-electron chi connectivity index (χ2n) is 13.8. The molecule has 0 aromatic carbocycles. The number of fused-ring (bicyclic) bond motifs is 5. The molecule has 6 aliphatic rings. The molecule has 41 heavy (non-hydrogen) atoms. The third kappa shape index (κ3) is 3.99. The van der Waals surface area contributed by atoms with Crippen LogP contribution in [-0.4, -0.2) is 120 Å². The van der Waals surface area contributed by atoms with E-state index >= 15 is 0 Å². The van der Waals surface area contributed by atoms with E-state index in [-0.39, 0.29) is 38.2 Å². The summed E-state index contributed by atoms with van der Waals surface area (Å²) in [5.74, 6) is -1.93. The summed E-state index contributed by atoms with van der Waals surface area (Å²) in [6.07, 6.45) is -6.68. The molecular formula is C29H44O12. The zero-order chi connectivity index (χ0) is 29.7. The first-order valence-electron chi connectivity index (χ1n) is 14.9. The molecule has 12 nitrogen and oxygen atoms in total. The molecule has 2 aliphatic heterocycles. The molecule has 0 radical (unpaired) electrons. The Kier molecular flexibility index (Phi) is 7.22. The second-order valence-corrected chi connectivity index (χ2v) is 13.8. The van der Waals surface area contributed by atoms with Crippen LogP contribution in [0.5, 0.6) is 0 Å². The minimum absolute atomic E-state index is 0.0369. The van der Waals surface area contributed by atoms with Gasteiger partial charge in [0.25, 0.3) is 0 Å². The minimum atomic E-state index is -1.67. The van der Waals surface area contributed by atoms with E-state index in [2.05, 4.69) is 0 Å². The molecule has 0 bridgehead atoms. The summed E-state index contributed by atoms with van der Waals surface area (Å²) in [7, 11) is 0. The van der Waals surface area contributed by atoms with Crippen LogP contribution in [0.1, 0.15) is 58.8 Å². The Morgan fingerprint density at radius 2 is 1.76 bits per heavy atom. The SMILES string of the molecule is C[C@@H]1O[C@@H](O[C@H]2CC(O)[C@]3(CO)[C@H]4[C@H](O)C[C@]5(C)[C@@H](C6=CC(=O)OC6)CC[C@]5(O)[C@@H]4CC[C@]3(O)C2)[C@H](O)[C@H](O)[C@H]1O. The quantitative estimate of drug-likeness (QED) is 0.140. The van der Waals surface area contributed by atoms with Gasteiger partial charge in [-0.3, -0.25) is 0 Å². The second kappa shape index (κ2) is 9.91. The summed E-state index contributed by atoms with van der Waals surface area (Å²) < 4.78 is 16.7. The van der Waals surface area contributed by atoms with Crippen molar-refractivity contribution in [2.45, 2.75) is 119 Å². The van der Waals surface area contributed by atoms with Crippen molar-refractivity contribution in [2.24, 2.45) is 28.6 Å². The van der Waals surface area contributed by atoms with Gasteiger partial charge < -0.3 is 55.1 Å². The highest BCUT2D eigenvalue weighted by Gasteiger charge is 2.75. The van der Waals surface area contributed by atoms with Gasteiger partial charge in [0.1, 0.15) is 24.9 Å². The summed E-state index contributed by atoms with van der Waals surface area (Å²) in [4.78, 5) is 11.8. The number of carbonyl (C=O) groups excluding carboxylic acids is 1. The molecular weight excluding hydrogens is 540 g/mol. The molecule has 5 fully saturated rings. The highest BCUT2D eigenvalue weighted by molar-refractivity contribution is 5.85. The topological polar surface area (TPSA) is 207 Å². The number of rotatable bonds is 4. The minimum Gasteiger partial charge on any atom is -0.458 e. The molecule has 6 rings (SSSR count). The summed E-state index contributed by atoms with van der Waals surface area (Å²) in [5.41, 5.74) is -4.46. The molecule has 0 aromatic rings. The lowest BCUT2D eigenvalue weighted by Crippen LogP contribution is -2.76. The van der Waals surface area contributed by atoms with Crippen molar-refractivity contribution >= 4 is 5.97 Å². The third-order valence-corrected chi connectivity index (χ3v) is 12.2. The van der Waals surface area contributed by atoms with Crippen molar-refractivity contribution in [3.05, 3.63) is 11.6 Å². The first-order chi connectivity index (χ1) is 19.2. The Morgan fingerprint density at radius 1 is 1.02 bits per heavy atom. The van der Waals surface area contributed by atoms with Gasteiger partial charge in [0.2, 0.25) is 0 Å². The normalized spacial score (nSPS) is 56.9. The Balaban J connectivity index is 1.28. The standard InChI is InChI=1S/C29H44O12/c1-13-22(34)23(35)24(36)25(40-13)41-15-8-19(32)28(12-30)21-17(3-5-27(28,37)9-15)29(38)6-4-16(14-7-20(33)39-11-14)26(29,2)10-18(21)31/h7,13,15-19,21-25,30-32,34-38H,3-6,8-12H2,1-2H3/t13-,15-,16+,17+,18+,19?,21+,22-,23+,24+,25-,26+,27-,28+,29-/m0/s1. The summed E-state index contributed by atoms with van der Waals surface area (Å²) in [6.45, 7) is 3.00. The zero-order valence-corrected chi connectivity index (χ0v) is 23.5. The smallest absolute Gasteiger partial charge is 0.331 e. The monoisotopic (exact) mass is 584 g/mol. The van der Waals surface area contributed by atoms with Crippen LogP contribution in [0.2, 0.25) is 0 Å². The molecule has 0 spiro atoms. The van der Waals surface area contributed by atoms with Gasteiger partial charge in [0.05, 0.1) is 47.6 Å². The first-order valence-corrected chi connectivity index (χ1v) is 14.9. The Morgan fingerprint density at radius 3 is 2.41 bits per heavy atom. The van der Waals surface area contributed by atoms with E-state index in [4.69, 9.17) is 14.2 Å². The van der Waals surface area contributed by atoms with Gasteiger partial charge >= 0.3 is 5.97 Å². The van der Waals surface area contributed by atoms with Gasteiger partial charge in [-0.1, -0.05) is 6.92 Å². The van der Waals surface area contributed by atoms with E-state index < -0.39 is 95.5 Å². The summed E-state index contributed by atoms with van der Waals surface area (Å²) in [5, 5.41) is 89.6. The van der Waals surface area contributed by atoms with E-state index in [0.29, 0.717) is 19.3 Å². The predicted octanol–water partition coefficient (Wildman–Crippen LogP) is -1.51.